The molecule has 0 saturated heterocycles. The summed E-state index contributed by atoms with van der Waals surface area (Å²) in [6.07, 6.45) is 0.792. The number of halogens is 1. The van der Waals surface area contributed by atoms with Crippen LogP contribution in [0.4, 0.5) is 0 Å². The van der Waals surface area contributed by atoms with Crippen molar-refractivity contribution >= 4 is 11.6 Å². The largest absolute Gasteiger partial charge is 0.497 e. The molecule has 5 nitrogen and oxygen atoms in total. The van der Waals surface area contributed by atoms with Crippen LogP contribution in [0.25, 0.3) is 0 Å². The molecule has 0 atom stereocenters. The number of nitrogens with two attached hydrogens (primary N) is 1. The van der Waals surface area contributed by atoms with Gasteiger partial charge in [-0.25, -0.2) is 0 Å². The van der Waals surface area contributed by atoms with Gasteiger partial charge < -0.3 is 15.2 Å². The molecule has 2 N–H and O–H groups in total. The zero-order valence-corrected chi connectivity index (χ0v) is 13.3. The summed E-state index contributed by atoms with van der Waals surface area (Å²) >= 11 is 6.32. The fraction of sp³-hybridized carbons (Fsp3) is 0.400. The molecule has 0 saturated carbocycles. The maximum atomic E-state index is 6.32. The Morgan fingerprint density at radius 2 is 2.14 bits per heavy atom. The second-order valence-corrected chi connectivity index (χ2v) is 5.03. The first kappa shape index (κ1) is 15.7. The molecule has 0 radical (unpaired) electrons. The zero-order chi connectivity index (χ0) is 15.4. The molecule has 0 amide bonds. The highest BCUT2D eigenvalue weighted by Crippen LogP contribution is 2.27. The third kappa shape index (κ3) is 3.31. The summed E-state index contributed by atoms with van der Waals surface area (Å²) < 4.78 is 12.8. The average molecular weight is 310 g/mol. The van der Waals surface area contributed by atoms with E-state index >= 15 is 0 Å². The Bertz CT molecular complexity index is 626. The molecule has 0 unspecified atom stereocenters. The van der Waals surface area contributed by atoms with Crippen molar-refractivity contribution in [3.63, 3.8) is 0 Å². The normalized spacial score (nSPS) is 10.7. The Kier molecular flexibility index (Phi) is 5.09. The van der Waals surface area contributed by atoms with Crippen LogP contribution in [-0.4, -0.2) is 16.9 Å². The van der Waals surface area contributed by atoms with Gasteiger partial charge in [0.15, 0.2) is 0 Å². The Labute approximate surface area is 129 Å². The number of rotatable bonds is 6. The fourth-order valence-electron chi connectivity index (χ4n) is 2.09. The van der Waals surface area contributed by atoms with E-state index in [9.17, 15) is 0 Å². The first-order valence-corrected chi connectivity index (χ1v) is 7.18. The molecule has 1 heterocycles. The van der Waals surface area contributed by atoms with Gasteiger partial charge in [-0.15, -0.1) is 0 Å². The van der Waals surface area contributed by atoms with Crippen molar-refractivity contribution in [1.29, 1.82) is 0 Å². The molecule has 2 aromatic rings. The van der Waals surface area contributed by atoms with Gasteiger partial charge in [-0.1, -0.05) is 24.6 Å². The van der Waals surface area contributed by atoms with Crippen LogP contribution in [0.5, 0.6) is 11.5 Å². The summed E-state index contributed by atoms with van der Waals surface area (Å²) in [4.78, 5) is 0. The number of hydrogen-bond donors (Lipinski definition) is 1. The molecule has 21 heavy (non-hydrogen) atoms. The van der Waals surface area contributed by atoms with E-state index in [-0.39, 0.29) is 0 Å². The van der Waals surface area contributed by atoms with Crippen LogP contribution in [0, 0.1) is 0 Å². The third-order valence-electron chi connectivity index (χ3n) is 3.36. The van der Waals surface area contributed by atoms with Crippen LogP contribution < -0.4 is 15.2 Å². The number of ether oxygens (including phenoxy) is 2. The first-order chi connectivity index (χ1) is 10.1. The van der Waals surface area contributed by atoms with Gasteiger partial charge in [0.1, 0.15) is 18.1 Å². The predicted molar refractivity (Wildman–Crippen MR) is 82.8 cm³/mol. The van der Waals surface area contributed by atoms with Crippen LogP contribution in [-0.2, 0) is 26.6 Å². The highest BCUT2D eigenvalue weighted by Gasteiger charge is 2.14. The van der Waals surface area contributed by atoms with Gasteiger partial charge in [0.05, 0.1) is 23.5 Å². The van der Waals surface area contributed by atoms with Gasteiger partial charge in [-0.05, 0) is 12.5 Å². The van der Waals surface area contributed by atoms with E-state index < -0.39 is 0 Å². The summed E-state index contributed by atoms with van der Waals surface area (Å²) in [5.74, 6) is 1.43. The number of methoxy groups -OCH3 is 1. The number of aromatic nitrogens is 2. The lowest BCUT2D eigenvalue weighted by Gasteiger charge is -2.12. The second-order valence-electron chi connectivity index (χ2n) is 4.65. The standard InChI is InChI=1S/C15H20ClN3O2/c1-4-12-15(16)13(19(2)18-12)9-21-14-7-11(20-3)6-5-10(14)8-17/h5-7H,4,8-9,17H2,1-3H3. The SMILES string of the molecule is CCc1nn(C)c(COc2cc(OC)ccc2CN)c1Cl. The Morgan fingerprint density at radius 3 is 2.71 bits per heavy atom. The molecule has 0 aliphatic carbocycles. The lowest BCUT2D eigenvalue weighted by atomic mass is 10.2. The Morgan fingerprint density at radius 1 is 1.38 bits per heavy atom. The monoisotopic (exact) mass is 309 g/mol. The quantitative estimate of drug-likeness (QED) is 0.891. The molecule has 0 spiro atoms. The Hall–Kier alpha value is -1.72. The van der Waals surface area contributed by atoms with Crippen LogP contribution in [0.2, 0.25) is 5.02 Å². The molecule has 0 fully saturated rings. The number of hydrogen-bond acceptors (Lipinski definition) is 4. The maximum absolute atomic E-state index is 6.32. The van der Waals surface area contributed by atoms with Crippen molar-refractivity contribution in [2.24, 2.45) is 12.8 Å². The maximum Gasteiger partial charge on any atom is 0.131 e. The lowest BCUT2D eigenvalue weighted by Crippen LogP contribution is -2.06. The predicted octanol–water partition coefficient (Wildman–Crippen LogP) is 2.68. The summed E-state index contributed by atoms with van der Waals surface area (Å²) in [6.45, 7) is 2.76. The van der Waals surface area contributed by atoms with Crippen LogP contribution in [0.3, 0.4) is 0 Å². The minimum absolute atomic E-state index is 0.336. The molecule has 6 heteroatoms. The van der Waals surface area contributed by atoms with Crippen molar-refractivity contribution in [3.8, 4) is 11.5 Å². The van der Waals surface area contributed by atoms with Crippen LogP contribution in [0.15, 0.2) is 18.2 Å². The highest BCUT2D eigenvalue weighted by atomic mass is 35.5. The van der Waals surface area contributed by atoms with Gasteiger partial charge >= 0.3 is 0 Å². The molecular weight excluding hydrogens is 290 g/mol. The van der Waals surface area contributed by atoms with Crippen LogP contribution >= 0.6 is 11.6 Å². The first-order valence-electron chi connectivity index (χ1n) is 6.80. The fourth-order valence-corrected chi connectivity index (χ4v) is 2.44. The van der Waals surface area contributed by atoms with E-state index in [2.05, 4.69) is 5.10 Å². The smallest absolute Gasteiger partial charge is 0.131 e. The van der Waals surface area contributed by atoms with Gasteiger partial charge in [-0.2, -0.15) is 5.10 Å². The van der Waals surface area contributed by atoms with Crippen molar-refractivity contribution in [1.82, 2.24) is 9.78 Å². The number of aryl methyl sites for hydroxylation is 2. The minimum atomic E-state index is 0.336. The van der Waals surface area contributed by atoms with E-state index in [0.29, 0.717) is 23.9 Å². The molecule has 2 rings (SSSR count). The van der Waals surface area contributed by atoms with Gasteiger partial charge in [0.2, 0.25) is 0 Å². The lowest BCUT2D eigenvalue weighted by molar-refractivity contribution is 0.290. The molecule has 114 valence electrons. The number of benzene rings is 1. The van der Waals surface area contributed by atoms with E-state index in [1.165, 1.54) is 0 Å². The average Bonchev–Trinajstić information content (AvgIpc) is 2.79. The van der Waals surface area contributed by atoms with Gasteiger partial charge in [-0.3, -0.25) is 4.68 Å². The van der Waals surface area contributed by atoms with E-state index in [0.717, 1.165) is 29.1 Å². The van der Waals surface area contributed by atoms with Crippen LogP contribution in [0.1, 0.15) is 23.9 Å². The topological polar surface area (TPSA) is 62.3 Å². The summed E-state index contributed by atoms with van der Waals surface area (Å²) in [5, 5.41) is 5.04. The van der Waals surface area contributed by atoms with Gasteiger partial charge in [0.25, 0.3) is 0 Å². The molecular formula is C15H20ClN3O2. The Balaban J connectivity index is 2.21. The highest BCUT2D eigenvalue weighted by molar-refractivity contribution is 6.31. The van der Waals surface area contributed by atoms with Crippen molar-refractivity contribution < 1.29 is 9.47 Å². The van der Waals surface area contributed by atoms with Crippen molar-refractivity contribution in [2.45, 2.75) is 26.5 Å². The van der Waals surface area contributed by atoms with Gasteiger partial charge in [0, 0.05) is 25.2 Å². The molecule has 0 aliphatic rings. The number of nitrogens with zero attached hydrogens (tertiary/aromatic N) is 2. The molecule has 1 aromatic heterocycles. The molecule has 0 aliphatic heterocycles. The molecule has 0 bridgehead atoms. The summed E-state index contributed by atoms with van der Waals surface area (Å²) in [6, 6.07) is 5.59. The summed E-state index contributed by atoms with van der Waals surface area (Å²) in [7, 11) is 3.48. The van der Waals surface area contributed by atoms with Crippen molar-refractivity contribution in [2.75, 3.05) is 7.11 Å². The van der Waals surface area contributed by atoms with Crippen molar-refractivity contribution in [3.05, 3.63) is 40.2 Å². The summed E-state index contributed by atoms with van der Waals surface area (Å²) in [5.41, 5.74) is 8.38. The molecule has 1 aromatic carbocycles. The second kappa shape index (κ2) is 6.83. The zero-order valence-electron chi connectivity index (χ0n) is 12.5. The third-order valence-corrected chi connectivity index (χ3v) is 3.80. The van der Waals surface area contributed by atoms with E-state index in [4.69, 9.17) is 26.8 Å². The minimum Gasteiger partial charge on any atom is -0.497 e. The van der Waals surface area contributed by atoms with E-state index in [1.54, 1.807) is 11.8 Å². The van der Waals surface area contributed by atoms with E-state index in [1.807, 2.05) is 32.2 Å².